The predicted molar refractivity (Wildman–Crippen MR) is 102 cm³/mol. The molecule has 2 N–H and O–H groups in total. The summed E-state index contributed by atoms with van der Waals surface area (Å²) in [5, 5.41) is 12.4. The second kappa shape index (κ2) is 8.67. The molecule has 2 amide bonds. The quantitative estimate of drug-likeness (QED) is 0.790. The van der Waals surface area contributed by atoms with Crippen LogP contribution in [-0.2, 0) is 6.42 Å². The lowest BCUT2D eigenvalue weighted by molar-refractivity contribution is 0.0809. The standard InChI is InChI=1S/C21H21FN2O4/c1-24-6-3-7-28-19-10-14(8-17(22)12-19)9-18(13-25)23-20(26)15-4-2-5-16(11-15)21(24)27/h2-5,7-8,10-12,18,25H,6,9,13H2,1H3,(H,23,26)/b7-3+. The molecule has 6 nitrogen and oxygen atoms in total. The minimum atomic E-state index is -0.618. The van der Waals surface area contributed by atoms with Gasteiger partial charge in [-0.25, -0.2) is 4.39 Å². The van der Waals surface area contributed by atoms with Crippen LogP contribution in [0.4, 0.5) is 4.39 Å². The number of amides is 2. The number of nitrogens with one attached hydrogen (secondary N) is 1. The van der Waals surface area contributed by atoms with Gasteiger partial charge in [0.2, 0.25) is 0 Å². The van der Waals surface area contributed by atoms with Crippen molar-refractivity contribution in [1.29, 1.82) is 0 Å². The Morgan fingerprint density at radius 2 is 2.00 bits per heavy atom. The number of carbonyl (C=O) groups excluding carboxylic acids is 2. The molecule has 1 unspecified atom stereocenters. The molecule has 3 rings (SSSR count). The van der Waals surface area contributed by atoms with Crippen molar-refractivity contribution < 1.29 is 23.8 Å². The first-order chi connectivity index (χ1) is 13.5. The molecular formula is C21H21FN2O4. The lowest BCUT2D eigenvalue weighted by Gasteiger charge is -2.19. The zero-order valence-corrected chi connectivity index (χ0v) is 15.4. The number of halogens is 1. The van der Waals surface area contributed by atoms with Crippen LogP contribution in [0.1, 0.15) is 26.3 Å². The van der Waals surface area contributed by atoms with E-state index in [-0.39, 0.29) is 25.5 Å². The van der Waals surface area contributed by atoms with E-state index in [1.165, 1.54) is 29.4 Å². The average Bonchev–Trinajstić information content (AvgIpc) is 2.69. The highest BCUT2D eigenvalue weighted by Crippen LogP contribution is 2.19. The van der Waals surface area contributed by atoms with Crippen LogP contribution in [0.25, 0.3) is 0 Å². The highest BCUT2D eigenvalue weighted by atomic mass is 19.1. The number of nitrogens with zero attached hydrogens (tertiary/aromatic N) is 1. The molecule has 146 valence electrons. The molecule has 1 aliphatic rings. The molecule has 1 atom stereocenters. The number of hydrogen-bond donors (Lipinski definition) is 2. The summed E-state index contributed by atoms with van der Waals surface area (Å²) in [5.74, 6) is -0.861. The van der Waals surface area contributed by atoms with E-state index in [1.54, 1.807) is 37.4 Å². The first-order valence-electron chi connectivity index (χ1n) is 8.84. The summed E-state index contributed by atoms with van der Waals surface area (Å²) < 4.78 is 19.3. The highest BCUT2D eigenvalue weighted by Gasteiger charge is 2.17. The lowest BCUT2D eigenvalue weighted by atomic mass is 10.0. The molecular weight excluding hydrogens is 363 g/mol. The lowest BCUT2D eigenvalue weighted by Crippen LogP contribution is -2.39. The minimum absolute atomic E-state index is 0.224. The summed E-state index contributed by atoms with van der Waals surface area (Å²) >= 11 is 0. The Kier molecular flexibility index (Phi) is 6.06. The van der Waals surface area contributed by atoms with Crippen LogP contribution in [-0.4, -0.2) is 48.1 Å². The Morgan fingerprint density at radius 1 is 1.21 bits per heavy atom. The van der Waals surface area contributed by atoms with Gasteiger partial charge in [-0.1, -0.05) is 6.07 Å². The van der Waals surface area contributed by atoms with Crippen molar-refractivity contribution in [2.75, 3.05) is 20.2 Å². The summed E-state index contributed by atoms with van der Waals surface area (Å²) in [6.07, 6.45) is 3.26. The number of ether oxygens (including phenoxy) is 1. The molecule has 28 heavy (non-hydrogen) atoms. The maximum absolute atomic E-state index is 13.9. The van der Waals surface area contributed by atoms with Crippen molar-refractivity contribution in [3.63, 3.8) is 0 Å². The van der Waals surface area contributed by atoms with Crippen molar-refractivity contribution in [2.24, 2.45) is 0 Å². The molecule has 2 aromatic carbocycles. The van der Waals surface area contributed by atoms with Crippen LogP contribution >= 0.6 is 0 Å². The van der Waals surface area contributed by atoms with Crippen molar-refractivity contribution in [3.8, 4) is 5.75 Å². The zero-order valence-electron chi connectivity index (χ0n) is 15.4. The Labute approximate surface area is 162 Å². The van der Waals surface area contributed by atoms with Crippen molar-refractivity contribution >= 4 is 11.8 Å². The average molecular weight is 384 g/mol. The van der Waals surface area contributed by atoms with Gasteiger partial charge >= 0.3 is 0 Å². The molecule has 4 bridgehead atoms. The fraction of sp³-hybridized carbons (Fsp3) is 0.238. The third kappa shape index (κ3) is 4.75. The SMILES string of the molecule is CN1C/C=C/Oc2cc(F)cc(c2)CC(CO)NC(=O)c2cccc(c2)C1=O. The molecule has 0 saturated carbocycles. The Morgan fingerprint density at radius 3 is 2.79 bits per heavy atom. The number of aliphatic hydroxyl groups excluding tert-OH is 1. The van der Waals surface area contributed by atoms with Crippen LogP contribution in [0.15, 0.2) is 54.8 Å². The highest BCUT2D eigenvalue weighted by molar-refractivity contribution is 5.99. The van der Waals surface area contributed by atoms with Gasteiger partial charge in [-0.3, -0.25) is 9.59 Å². The molecule has 0 saturated heterocycles. The third-order valence-corrected chi connectivity index (χ3v) is 4.37. The van der Waals surface area contributed by atoms with E-state index in [9.17, 15) is 19.1 Å². The van der Waals surface area contributed by atoms with Gasteiger partial charge in [-0.15, -0.1) is 0 Å². The van der Waals surface area contributed by atoms with E-state index in [0.29, 0.717) is 22.4 Å². The molecule has 1 heterocycles. The Hall–Kier alpha value is -3.19. The molecule has 0 aromatic heterocycles. The molecule has 1 aliphatic heterocycles. The summed E-state index contributed by atoms with van der Waals surface area (Å²) in [6, 6.07) is 9.97. The van der Waals surface area contributed by atoms with Crippen LogP contribution in [0, 0.1) is 5.82 Å². The van der Waals surface area contributed by atoms with Gasteiger partial charge in [-0.05, 0) is 48.4 Å². The molecule has 7 heteroatoms. The first-order valence-corrected chi connectivity index (χ1v) is 8.84. The molecule has 2 aromatic rings. The number of benzene rings is 2. The smallest absolute Gasteiger partial charge is 0.253 e. The zero-order chi connectivity index (χ0) is 20.1. The summed E-state index contributed by atoms with van der Waals surface area (Å²) in [7, 11) is 1.63. The topological polar surface area (TPSA) is 78.9 Å². The van der Waals surface area contributed by atoms with Gasteiger partial charge in [-0.2, -0.15) is 0 Å². The molecule has 0 spiro atoms. The second-order valence-corrected chi connectivity index (χ2v) is 6.61. The van der Waals surface area contributed by atoms with Crippen LogP contribution in [0.3, 0.4) is 0 Å². The Balaban J connectivity index is 1.96. The maximum atomic E-state index is 13.9. The van der Waals surface area contributed by atoms with Gasteiger partial charge in [0.15, 0.2) is 0 Å². The van der Waals surface area contributed by atoms with E-state index in [4.69, 9.17) is 4.74 Å². The number of fused-ring (bicyclic) bond motifs is 4. The third-order valence-electron chi connectivity index (χ3n) is 4.37. The van der Waals surface area contributed by atoms with Gasteiger partial charge < -0.3 is 20.1 Å². The summed E-state index contributed by atoms with van der Waals surface area (Å²) in [4.78, 5) is 26.6. The predicted octanol–water partition coefficient (Wildman–Crippen LogP) is 2.14. The van der Waals surface area contributed by atoms with Gasteiger partial charge in [0.05, 0.1) is 18.9 Å². The van der Waals surface area contributed by atoms with Gasteiger partial charge in [0, 0.05) is 30.8 Å². The van der Waals surface area contributed by atoms with Crippen molar-refractivity contribution in [1.82, 2.24) is 10.2 Å². The van der Waals surface area contributed by atoms with Gasteiger partial charge in [0.1, 0.15) is 11.6 Å². The minimum Gasteiger partial charge on any atom is -0.465 e. The van der Waals surface area contributed by atoms with E-state index in [2.05, 4.69) is 5.32 Å². The fourth-order valence-electron chi connectivity index (χ4n) is 2.95. The van der Waals surface area contributed by atoms with E-state index >= 15 is 0 Å². The number of hydrogen-bond acceptors (Lipinski definition) is 4. The normalized spacial score (nSPS) is 19.0. The summed E-state index contributed by atoms with van der Waals surface area (Å²) in [5.41, 5.74) is 1.27. The number of rotatable bonds is 1. The van der Waals surface area contributed by atoms with Gasteiger partial charge in [0.25, 0.3) is 11.8 Å². The number of aliphatic hydroxyl groups is 1. The second-order valence-electron chi connectivity index (χ2n) is 6.61. The maximum Gasteiger partial charge on any atom is 0.253 e. The fourth-order valence-corrected chi connectivity index (χ4v) is 2.95. The summed E-state index contributed by atoms with van der Waals surface area (Å²) in [6.45, 7) is -0.0380. The Bertz CT molecular complexity index is 913. The van der Waals surface area contributed by atoms with E-state index in [0.717, 1.165) is 0 Å². The van der Waals surface area contributed by atoms with Crippen LogP contribution in [0.5, 0.6) is 5.75 Å². The number of carbonyl (C=O) groups is 2. The number of likely N-dealkylation sites (N-methyl/N-ethyl adjacent to an activating group) is 1. The van der Waals surface area contributed by atoms with Crippen molar-refractivity contribution in [2.45, 2.75) is 12.5 Å². The van der Waals surface area contributed by atoms with Crippen LogP contribution < -0.4 is 10.1 Å². The molecule has 0 aliphatic carbocycles. The first kappa shape index (κ1) is 19.6. The molecule has 0 fully saturated rings. The van der Waals surface area contributed by atoms with E-state index in [1.807, 2.05) is 0 Å². The van der Waals surface area contributed by atoms with E-state index < -0.39 is 17.8 Å². The molecule has 0 radical (unpaired) electrons. The monoisotopic (exact) mass is 384 g/mol. The van der Waals surface area contributed by atoms with Crippen LogP contribution in [0.2, 0.25) is 0 Å². The largest absolute Gasteiger partial charge is 0.465 e. The van der Waals surface area contributed by atoms with Crippen molar-refractivity contribution in [3.05, 3.63) is 77.3 Å².